The molecule has 0 spiro atoms. The third-order valence-corrected chi connectivity index (χ3v) is 1.51. The maximum Gasteiger partial charge on any atom is 0.300 e. The Morgan fingerprint density at radius 3 is 1.10 bits per heavy atom. The minimum Gasteiger partial charge on any atom is -0.481 e. The molecule has 1 rings (SSSR count). The molecule has 0 radical (unpaired) electrons. The summed E-state index contributed by atoms with van der Waals surface area (Å²) in [4.78, 5) is 45.0. The smallest absolute Gasteiger partial charge is 0.300 e. The molecule has 180 valence electrons. The third-order valence-electron chi connectivity index (χ3n) is 1.51. The Kier molecular flexibility index (Phi) is 32.2. The fourth-order valence-corrected chi connectivity index (χ4v) is 0.974. The van der Waals surface area contributed by atoms with Gasteiger partial charge in [0.2, 0.25) is 0 Å². The first-order valence-corrected chi connectivity index (χ1v) is 8.18. The molecule has 0 heterocycles. The molecule has 0 aliphatic heterocycles. The highest BCUT2D eigenvalue weighted by Gasteiger charge is 1.99. The molecule has 0 aliphatic carbocycles. The number of nitrogen functional groups attached to an aromatic ring is 1. The number of benzene rings is 1. The quantitative estimate of drug-likeness (QED) is 0.225. The Morgan fingerprint density at radius 1 is 0.677 bits per heavy atom. The van der Waals surface area contributed by atoms with Crippen LogP contribution in [0.3, 0.4) is 0 Å². The van der Waals surface area contributed by atoms with E-state index in [1.165, 1.54) is 0 Å². The number of carbonyl (C=O) groups is 5. The van der Waals surface area contributed by atoms with Gasteiger partial charge in [0.05, 0.1) is 6.17 Å². The van der Waals surface area contributed by atoms with E-state index in [0.29, 0.717) is 6.42 Å². The SMILES string of the molecule is CC(=O)O.CC(=O)O.CC(=O)O.CC(=O)O.CC(=O)O.Nc1ccccc1CC(N)N. The van der Waals surface area contributed by atoms with Gasteiger partial charge in [-0.05, 0) is 11.6 Å². The largest absolute Gasteiger partial charge is 0.481 e. The summed E-state index contributed by atoms with van der Waals surface area (Å²) in [6.45, 7) is 5.42. The van der Waals surface area contributed by atoms with Gasteiger partial charge in [-0.1, -0.05) is 18.2 Å². The number of para-hydroxylation sites is 1. The maximum absolute atomic E-state index is 9.00. The first-order valence-electron chi connectivity index (χ1n) is 8.18. The van der Waals surface area contributed by atoms with Crippen LogP contribution in [0.15, 0.2) is 24.3 Å². The molecule has 0 saturated carbocycles. The normalized spacial score (nSPS) is 7.74. The Labute approximate surface area is 180 Å². The molecule has 11 N–H and O–H groups in total. The Hall–Kier alpha value is -3.71. The van der Waals surface area contributed by atoms with Crippen LogP contribution in [0.5, 0.6) is 0 Å². The number of aliphatic carboxylic acids is 5. The fourth-order valence-electron chi connectivity index (χ4n) is 0.974. The third kappa shape index (κ3) is 122. The van der Waals surface area contributed by atoms with Crippen molar-refractivity contribution in [2.24, 2.45) is 11.5 Å². The number of hydrogen-bond acceptors (Lipinski definition) is 8. The van der Waals surface area contributed by atoms with Gasteiger partial charge in [-0.3, -0.25) is 24.0 Å². The van der Waals surface area contributed by atoms with E-state index in [-0.39, 0.29) is 6.17 Å². The molecule has 1 aromatic rings. The standard InChI is InChI=1S/C8H13N3.5C2H4O2/c9-7-4-2-1-3-6(7)5-8(10)11;5*1-2(3)4/h1-4,8H,5,9-11H2;5*1H3,(H,3,4). The average molecular weight is 451 g/mol. The summed E-state index contributed by atoms with van der Waals surface area (Å²) in [5.41, 5.74) is 18.3. The number of hydrogen-bond donors (Lipinski definition) is 8. The summed E-state index contributed by atoms with van der Waals surface area (Å²) < 4.78 is 0. The van der Waals surface area contributed by atoms with E-state index in [2.05, 4.69) is 0 Å². The van der Waals surface area contributed by atoms with Gasteiger partial charge in [-0.25, -0.2) is 0 Å². The van der Waals surface area contributed by atoms with Gasteiger partial charge in [-0.2, -0.15) is 0 Å². The van der Waals surface area contributed by atoms with Gasteiger partial charge in [0, 0.05) is 46.7 Å². The molecule has 13 nitrogen and oxygen atoms in total. The van der Waals surface area contributed by atoms with Crippen molar-refractivity contribution < 1.29 is 49.5 Å². The molecule has 0 fully saturated rings. The molecule has 0 aromatic heterocycles. The van der Waals surface area contributed by atoms with Crippen LogP contribution >= 0.6 is 0 Å². The van der Waals surface area contributed by atoms with E-state index in [0.717, 1.165) is 45.9 Å². The number of anilines is 1. The molecule has 0 amide bonds. The highest BCUT2D eigenvalue weighted by atomic mass is 16.4. The minimum absolute atomic E-state index is 0.320. The van der Waals surface area contributed by atoms with E-state index in [1.807, 2.05) is 24.3 Å². The van der Waals surface area contributed by atoms with Crippen molar-refractivity contribution in [2.45, 2.75) is 47.2 Å². The molecular formula is C18H33N3O10. The number of nitrogens with two attached hydrogens (primary N) is 3. The number of carboxylic acid groups (broad SMARTS) is 5. The zero-order valence-corrected chi connectivity index (χ0v) is 18.1. The van der Waals surface area contributed by atoms with Crippen molar-refractivity contribution in [3.05, 3.63) is 29.8 Å². The van der Waals surface area contributed by atoms with Crippen molar-refractivity contribution in [2.75, 3.05) is 5.73 Å². The van der Waals surface area contributed by atoms with Crippen molar-refractivity contribution in [3.8, 4) is 0 Å². The zero-order chi connectivity index (χ0) is 26.2. The molecule has 0 bridgehead atoms. The fraction of sp³-hybridized carbons (Fsp3) is 0.389. The van der Waals surface area contributed by atoms with Gasteiger partial charge < -0.3 is 42.7 Å². The summed E-state index contributed by atoms with van der Waals surface area (Å²) >= 11 is 0. The first kappa shape index (κ1) is 38.0. The van der Waals surface area contributed by atoms with Crippen LogP contribution in [0.4, 0.5) is 5.69 Å². The predicted molar refractivity (Wildman–Crippen MR) is 113 cm³/mol. The monoisotopic (exact) mass is 451 g/mol. The lowest BCUT2D eigenvalue weighted by molar-refractivity contribution is -0.135. The summed E-state index contributed by atoms with van der Waals surface area (Å²) in [6.07, 6.45) is 0.312. The van der Waals surface area contributed by atoms with Gasteiger partial charge in [0.25, 0.3) is 29.8 Å². The van der Waals surface area contributed by atoms with Crippen LogP contribution in [0.2, 0.25) is 0 Å². The molecular weight excluding hydrogens is 418 g/mol. The van der Waals surface area contributed by atoms with Crippen LogP contribution in [0, 0.1) is 0 Å². The second kappa shape index (κ2) is 26.3. The molecule has 1 aromatic carbocycles. The van der Waals surface area contributed by atoms with E-state index in [9.17, 15) is 0 Å². The first-order chi connectivity index (χ1) is 13.9. The van der Waals surface area contributed by atoms with Crippen molar-refractivity contribution >= 4 is 35.5 Å². The van der Waals surface area contributed by atoms with Gasteiger partial charge in [-0.15, -0.1) is 0 Å². The molecule has 13 heteroatoms. The topological polar surface area (TPSA) is 265 Å². The maximum atomic E-state index is 9.00. The Balaban J connectivity index is -0.0000000958. The van der Waals surface area contributed by atoms with Crippen LogP contribution in [0.1, 0.15) is 40.2 Å². The highest BCUT2D eigenvalue weighted by molar-refractivity contribution is 5.63. The molecule has 0 atom stereocenters. The average Bonchev–Trinajstić information content (AvgIpc) is 2.46. The molecule has 31 heavy (non-hydrogen) atoms. The van der Waals surface area contributed by atoms with Crippen molar-refractivity contribution in [1.82, 2.24) is 0 Å². The number of rotatable bonds is 2. The van der Waals surface area contributed by atoms with Crippen LogP contribution < -0.4 is 17.2 Å². The van der Waals surface area contributed by atoms with Gasteiger partial charge in [0.15, 0.2) is 0 Å². The van der Waals surface area contributed by atoms with Crippen LogP contribution in [0.25, 0.3) is 0 Å². The van der Waals surface area contributed by atoms with E-state index in [1.54, 1.807) is 0 Å². The summed E-state index contributed by atoms with van der Waals surface area (Å²) in [6, 6.07) is 7.59. The second-order valence-corrected chi connectivity index (χ2v) is 5.16. The van der Waals surface area contributed by atoms with E-state index in [4.69, 9.17) is 66.7 Å². The van der Waals surface area contributed by atoms with Crippen LogP contribution in [-0.2, 0) is 30.4 Å². The summed E-state index contributed by atoms with van der Waals surface area (Å²) in [5.74, 6) is -4.17. The van der Waals surface area contributed by atoms with Gasteiger partial charge in [0.1, 0.15) is 0 Å². The Morgan fingerprint density at radius 2 is 0.903 bits per heavy atom. The lowest BCUT2D eigenvalue weighted by Crippen LogP contribution is -2.32. The lowest BCUT2D eigenvalue weighted by Gasteiger charge is -2.07. The lowest BCUT2D eigenvalue weighted by atomic mass is 10.1. The van der Waals surface area contributed by atoms with E-state index < -0.39 is 29.8 Å². The molecule has 0 unspecified atom stereocenters. The minimum atomic E-state index is -0.833. The zero-order valence-electron chi connectivity index (χ0n) is 18.1. The number of carboxylic acids is 5. The molecule has 0 saturated heterocycles. The van der Waals surface area contributed by atoms with Gasteiger partial charge >= 0.3 is 0 Å². The van der Waals surface area contributed by atoms with Crippen LogP contribution in [-0.4, -0.2) is 61.5 Å². The highest BCUT2D eigenvalue weighted by Crippen LogP contribution is 2.10. The van der Waals surface area contributed by atoms with Crippen molar-refractivity contribution in [1.29, 1.82) is 0 Å². The summed E-state index contributed by atoms with van der Waals surface area (Å²) in [5, 5.41) is 37.1. The van der Waals surface area contributed by atoms with Crippen molar-refractivity contribution in [3.63, 3.8) is 0 Å². The second-order valence-electron chi connectivity index (χ2n) is 5.16. The van der Waals surface area contributed by atoms with E-state index >= 15 is 0 Å². The molecule has 0 aliphatic rings. The Bertz CT molecular complexity index is 560. The predicted octanol–water partition coefficient (Wildman–Crippen LogP) is 0.509. The summed E-state index contributed by atoms with van der Waals surface area (Å²) in [7, 11) is 0.